The number of fused-ring (bicyclic) bond motifs is 2. The van der Waals surface area contributed by atoms with Crippen molar-refractivity contribution in [2.75, 3.05) is 0 Å². The topological polar surface area (TPSA) is 282 Å². The molecule has 0 aromatic rings. The molecule has 16 nitrogen and oxygen atoms in total. The van der Waals surface area contributed by atoms with Gasteiger partial charge in [0.15, 0.2) is 12.1 Å². The van der Waals surface area contributed by atoms with Crippen molar-refractivity contribution in [2.45, 2.75) is 183 Å². The molecule has 16 heteroatoms. The Morgan fingerprint density at radius 1 is 0.603 bits per heavy atom. The second-order valence-electron chi connectivity index (χ2n) is 17.6. The van der Waals surface area contributed by atoms with Crippen LogP contribution in [0.25, 0.3) is 0 Å². The molecule has 0 amide bonds. The number of nitrogens with two attached hydrogens (primary N) is 1. The number of carbonyl (C=O) groups excluding carboxylic acids is 1. The molecule has 17 unspecified atom stereocenters. The molecule has 0 aliphatic carbocycles. The maximum Gasteiger partial charge on any atom is 0.308 e. The Morgan fingerprint density at radius 3 is 1.75 bits per heavy atom. The average Bonchev–Trinajstić information content (AvgIpc) is 3.21. The molecule has 3 rings (SSSR count). The van der Waals surface area contributed by atoms with Gasteiger partial charge in [0.05, 0.1) is 79.6 Å². The third kappa shape index (κ3) is 18.5. The van der Waals surface area contributed by atoms with Gasteiger partial charge in [0, 0.05) is 37.0 Å². The van der Waals surface area contributed by atoms with Gasteiger partial charge >= 0.3 is 5.97 Å². The van der Waals surface area contributed by atoms with E-state index in [0.29, 0.717) is 0 Å². The largest absolute Gasteiger partial charge is 0.462 e. The lowest BCUT2D eigenvalue weighted by molar-refractivity contribution is -0.310. The SMILES string of the molecule is CC1OC(OC2C=C/C=C/C=C/C=C/C=C/C=C/C=C/C(C)[C@@H](O)C(C)C(C)OC(=O)CC(O)CC(O)CC(O)CCC(O)C(O)C[C@]3(O)CC(O)C(C)C(C2)O3)C(O)C(N)C1O. The highest BCUT2D eigenvalue weighted by Crippen LogP contribution is 2.38. The Labute approximate surface area is 372 Å². The van der Waals surface area contributed by atoms with Gasteiger partial charge in [0.25, 0.3) is 0 Å². The second kappa shape index (κ2) is 26.9. The Morgan fingerprint density at radius 2 is 1.14 bits per heavy atom. The minimum absolute atomic E-state index is 0.0428. The van der Waals surface area contributed by atoms with Gasteiger partial charge in [-0.2, -0.15) is 0 Å². The summed E-state index contributed by atoms with van der Waals surface area (Å²) in [5, 5.41) is 108. The number of esters is 1. The van der Waals surface area contributed by atoms with Crippen molar-refractivity contribution in [3.63, 3.8) is 0 Å². The van der Waals surface area contributed by atoms with Crippen LogP contribution in [0.4, 0.5) is 0 Å². The normalized spacial score (nSPS) is 46.1. The van der Waals surface area contributed by atoms with Crippen LogP contribution in [0, 0.1) is 17.8 Å². The number of allylic oxidation sites excluding steroid dienone is 12. The summed E-state index contributed by atoms with van der Waals surface area (Å²) in [6.45, 7) is 8.60. The first-order valence-corrected chi connectivity index (χ1v) is 22.2. The van der Waals surface area contributed by atoms with Crippen molar-refractivity contribution in [1.82, 2.24) is 0 Å². The van der Waals surface area contributed by atoms with Crippen LogP contribution in [0.1, 0.15) is 86.0 Å². The van der Waals surface area contributed by atoms with Crippen molar-refractivity contribution < 1.29 is 74.8 Å². The highest BCUT2D eigenvalue weighted by molar-refractivity contribution is 5.70. The van der Waals surface area contributed by atoms with E-state index < -0.39 is 128 Å². The molecule has 19 atom stereocenters. The third-order valence-corrected chi connectivity index (χ3v) is 12.1. The number of rotatable bonds is 2. The molecule has 0 aromatic heterocycles. The van der Waals surface area contributed by atoms with Crippen LogP contribution >= 0.6 is 0 Å². The molecule has 0 radical (unpaired) electrons. The minimum atomic E-state index is -2.08. The summed E-state index contributed by atoms with van der Waals surface area (Å²) in [6.07, 6.45) is 8.08. The fourth-order valence-corrected chi connectivity index (χ4v) is 7.79. The van der Waals surface area contributed by atoms with Gasteiger partial charge in [-0.15, -0.1) is 0 Å². The van der Waals surface area contributed by atoms with Crippen LogP contribution in [0.15, 0.2) is 85.1 Å². The molecular formula is C47H75NO15. The maximum absolute atomic E-state index is 12.6. The molecule has 3 heterocycles. The van der Waals surface area contributed by atoms with E-state index >= 15 is 0 Å². The number of cyclic esters (lactones) is 1. The summed E-state index contributed by atoms with van der Waals surface area (Å²) in [6, 6.07) is -1.05. The number of aliphatic hydroxyl groups is 10. The van der Waals surface area contributed by atoms with E-state index in [1.807, 2.05) is 61.6 Å². The van der Waals surface area contributed by atoms with Crippen LogP contribution in [0.3, 0.4) is 0 Å². The molecule has 0 saturated carbocycles. The van der Waals surface area contributed by atoms with Crippen molar-refractivity contribution in [3.8, 4) is 0 Å². The Hall–Kier alpha value is -2.91. The quantitative estimate of drug-likeness (QED) is 0.176. The number of ether oxygens (including phenoxy) is 4. The minimum Gasteiger partial charge on any atom is -0.462 e. The maximum atomic E-state index is 12.6. The molecule has 12 N–H and O–H groups in total. The van der Waals surface area contributed by atoms with E-state index in [4.69, 9.17) is 24.7 Å². The molecule has 358 valence electrons. The summed E-state index contributed by atoms with van der Waals surface area (Å²) in [5.41, 5.74) is 6.05. The average molecular weight is 894 g/mol. The van der Waals surface area contributed by atoms with E-state index in [2.05, 4.69) is 0 Å². The Kier molecular flexibility index (Phi) is 23.2. The van der Waals surface area contributed by atoms with Crippen LogP contribution in [0.2, 0.25) is 0 Å². The van der Waals surface area contributed by atoms with Gasteiger partial charge in [-0.05, 0) is 39.5 Å². The van der Waals surface area contributed by atoms with E-state index in [1.54, 1.807) is 58.1 Å². The second-order valence-corrected chi connectivity index (χ2v) is 17.6. The zero-order valence-electron chi connectivity index (χ0n) is 37.2. The smallest absolute Gasteiger partial charge is 0.308 e. The van der Waals surface area contributed by atoms with E-state index in [9.17, 15) is 55.9 Å². The van der Waals surface area contributed by atoms with Gasteiger partial charge in [0.1, 0.15) is 12.2 Å². The fraction of sp³-hybridized carbons (Fsp3) is 0.681. The highest BCUT2D eigenvalue weighted by atomic mass is 16.7. The zero-order valence-corrected chi connectivity index (χ0v) is 37.2. The molecule has 2 bridgehead atoms. The molecule has 0 spiro atoms. The van der Waals surface area contributed by atoms with E-state index in [1.165, 1.54) is 0 Å². The van der Waals surface area contributed by atoms with Crippen LogP contribution in [-0.2, 0) is 23.7 Å². The lowest BCUT2D eigenvalue weighted by Crippen LogP contribution is -2.61. The predicted octanol–water partition coefficient (Wildman–Crippen LogP) is 1.65. The number of aliphatic hydroxyl groups excluding tert-OH is 9. The number of hydrogen-bond acceptors (Lipinski definition) is 16. The standard InChI is InChI=1S/C47H75NO15/c1-28-18-16-14-12-10-8-6-7-9-11-13-15-17-19-36(62-46-45(58)42(48)44(57)32(5)61-46)25-40-30(3)38(53)26-47(59,63-40)27-39(54)37(52)21-20-33(49)22-34(50)23-35(51)24-41(55)60-31(4)29(2)43(28)56/h6-19,28-40,42-46,49-54,56-59H,20-27,48H2,1-5H3/b7-6+,10-8+,11-9+,14-12+,15-13+,18-16+,19-17?/t28?,29?,30?,31?,32?,33?,34?,35?,36?,37?,38?,39?,40?,42?,43-,44?,45?,46?,47+/m1/s1. The molecular weight excluding hydrogens is 819 g/mol. The van der Waals surface area contributed by atoms with Gasteiger partial charge in [-0.25, -0.2) is 0 Å². The molecule has 2 saturated heterocycles. The first-order valence-electron chi connectivity index (χ1n) is 22.2. The van der Waals surface area contributed by atoms with Crippen LogP contribution in [0.5, 0.6) is 0 Å². The number of carbonyl (C=O) groups is 1. The molecule has 0 aromatic carbocycles. The van der Waals surface area contributed by atoms with Crippen molar-refractivity contribution in [2.24, 2.45) is 23.5 Å². The molecule has 3 aliphatic heterocycles. The Bertz CT molecular complexity index is 1570. The van der Waals surface area contributed by atoms with Crippen LogP contribution < -0.4 is 5.73 Å². The number of hydrogen-bond donors (Lipinski definition) is 11. The van der Waals surface area contributed by atoms with E-state index in [-0.39, 0.29) is 44.4 Å². The monoisotopic (exact) mass is 894 g/mol. The van der Waals surface area contributed by atoms with Gasteiger partial charge in [-0.1, -0.05) is 106 Å². The van der Waals surface area contributed by atoms with Gasteiger partial charge < -0.3 is 75.7 Å². The van der Waals surface area contributed by atoms with Crippen molar-refractivity contribution in [3.05, 3.63) is 85.1 Å². The van der Waals surface area contributed by atoms with Gasteiger partial charge in [0.2, 0.25) is 0 Å². The summed E-state index contributed by atoms with van der Waals surface area (Å²) in [5.74, 6) is -4.01. The Balaban J connectivity index is 1.81. The van der Waals surface area contributed by atoms with Crippen molar-refractivity contribution in [1.29, 1.82) is 0 Å². The third-order valence-electron chi connectivity index (χ3n) is 12.1. The first-order chi connectivity index (χ1) is 29.7. The lowest BCUT2D eigenvalue weighted by Gasteiger charge is -2.46. The van der Waals surface area contributed by atoms with Crippen LogP contribution in [-0.4, -0.2) is 155 Å². The molecule has 3 aliphatic rings. The fourth-order valence-electron chi connectivity index (χ4n) is 7.79. The molecule has 2 fully saturated rings. The summed E-state index contributed by atoms with van der Waals surface area (Å²) < 4.78 is 23.5. The molecule has 63 heavy (non-hydrogen) atoms. The lowest BCUT2D eigenvalue weighted by atomic mass is 9.83. The van der Waals surface area contributed by atoms with Gasteiger partial charge in [-0.3, -0.25) is 4.79 Å². The predicted molar refractivity (Wildman–Crippen MR) is 235 cm³/mol. The van der Waals surface area contributed by atoms with E-state index in [0.717, 1.165) is 0 Å². The first kappa shape index (κ1) is 54.4. The summed E-state index contributed by atoms with van der Waals surface area (Å²) >= 11 is 0. The zero-order chi connectivity index (χ0) is 46.9. The highest BCUT2D eigenvalue weighted by Gasteiger charge is 2.47. The summed E-state index contributed by atoms with van der Waals surface area (Å²) in [7, 11) is 0. The summed E-state index contributed by atoms with van der Waals surface area (Å²) in [4.78, 5) is 12.6. The van der Waals surface area contributed by atoms with Crippen molar-refractivity contribution >= 4 is 5.97 Å².